The van der Waals surface area contributed by atoms with E-state index in [1.54, 1.807) is 11.8 Å². The van der Waals surface area contributed by atoms with Crippen molar-refractivity contribution in [2.24, 2.45) is 0 Å². The second-order valence-electron chi connectivity index (χ2n) is 3.97. The standard InChI is InChI=1S/C14H8BrClN2S2/c15-10-3-7-12(8-4-10)19-14-13(17-18-20-14)9-1-5-11(16)6-2-9/h1-8H. The first kappa shape index (κ1) is 14.1. The molecule has 0 fully saturated rings. The molecular formula is C14H8BrClN2S2. The van der Waals surface area contributed by atoms with Crippen molar-refractivity contribution >= 4 is 50.8 Å². The van der Waals surface area contributed by atoms with E-state index in [0.717, 1.165) is 29.9 Å². The second-order valence-corrected chi connectivity index (χ2v) is 7.42. The molecule has 0 saturated carbocycles. The maximum atomic E-state index is 5.91. The number of hydrogen-bond acceptors (Lipinski definition) is 4. The molecular weight excluding hydrogens is 376 g/mol. The molecule has 2 aromatic carbocycles. The van der Waals surface area contributed by atoms with Gasteiger partial charge in [-0.05, 0) is 47.9 Å². The maximum absolute atomic E-state index is 5.91. The number of halogens is 2. The van der Waals surface area contributed by atoms with Crippen LogP contribution in [0.15, 0.2) is 62.1 Å². The Kier molecular flexibility index (Phi) is 4.41. The van der Waals surface area contributed by atoms with Crippen LogP contribution in [0, 0.1) is 0 Å². The minimum atomic E-state index is 0.721. The molecule has 0 atom stereocenters. The summed E-state index contributed by atoms with van der Waals surface area (Å²) < 4.78 is 6.21. The van der Waals surface area contributed by atoms with E-state index < -0.39 is 0 Å². The zero-order chi connectivity index (χ0) is 13.9. The number of nitrogens with zero attached hydrogens (tertiary/aromatic N) is 2. The highest BCUT2D eigenvalue weighted by molar-refractivity contribution is 9.10. The first-order chi connectivity index (χ1) is 9.72. The quantitative estimate of drug-likeness (QED) is 0.574. The van der Waals surface area contributed by atoms with Gasteiger partial charge in [-0.25, -0.2) is 0 Å². The molecule has 0 amide bonds. The summed E-state index contributed by atoms with van der Waals surface area (Å²) in [5.74, 6) is 0. The van der Waals surface area contributed by atoms with Crippen molar-refractivity contribution < 1.29 is 0 Å². The summed E-state index contributed by atoms with van der Waals surface area (Å²) in [7, 11) is 0. The fourth-order valence-electron chi connectivity index (χ4n) is 1.64. The predicted molar refractivity (Wildman–Crippen MR) is 88.6 cm³/mol. The van der Waals surface area contributed by atoms with Gasteiger partial charge in [0.25, 0.3) is 0 Å². The molecule has 2 nitrogen and oxygen atoms in total. The Morgan fingerprint density at radius 1 is 1.00 bits per heavy atom. The van der Waals surface area contributed by atoms with E-state index in [0.29, 0.717) is 0 Å². The van der Waals surface area contributed by atoms with Crippen molar-refractivity contribution in [2.75, 3.05) is 0 Å². The van der Waals surface area contributed by atoms with Crippen LogP contribution >= 0.6 is 50.8 Å². The Bertz CT molecular complexity index is 711. The first-order valence-electron chi connectivity index (χ1n) is 5.74. The van der Waals surface area contributed by atoms with Crippen LogP contribution in [0.2, 0.25) is 5.02 Å². The fraction of sp³-hybridized carbons (Fsp3) is 0. The SMILES string of the molecule is Clc1ccc(-c2nnsc2Sc2ccc(Br)cc2)cc1. The summed E-state index contributed by atoms with van der Waals surface area (Å²) in [6, 6.07) is 15.8. The lowest BCUT2D eigenvalue weighted by Crippen LogP contribution is -1.80. The largest absolute Gasteiger partial charge is 0.137 e. The number of benzene rings is 2. The third-order valence-electron chi connectivity index (χ3n) is 2.60. The molecule has 3 aromatic rings. The van der Waals surface area contributed by atoms with Gasteiger partial charge < -0.3 is 0 Å². The molecule has 1 aromatic heterocycles. The first-order valence-corrected chi connectivity index (χ1v) is 8.50. The van der Waals surface area contributed by atoms with Gasteiger partial charge in [-0.2, -0.15) is 0 Å². The lowest BCUT2D eigenvalue weighted by atomic mass is 10.2. The van der Waals surface area contributed by atoms with Gasteiger partial charge in [-0.1, -0.05) is 55.9 Å². The van der Waals surface area contributed by atoms with Gasteiger partial charge in [0.2, 0.25) is 0 Å². The van der Waals surface area contributed by atoms with Crippen molar-refractivity contribution in [3.63, 3.8) is 0 Å². The van der Waals surface area contributed by atoms with Crippen LogP contribution in [0.5, 0.6) is 0 Å². The molecule has 1 heterocycles. The van der Waals surface area contributed by atoms with Gasteiger partial charge in [-0.15, -0.1) is 5.10 Å². The molecule has 0 aliphatic rings. The van der Waals surface area contributed by atoms with E-state index in [9.17, 15) is 0 Å². The van der Waals surface area contributed by atoms with Crippen LogP contribution in [0.3, 0.4) is 0 Å². The zero-order valence-electron chi connectivity index (χ0n) is 10.1. The van der Waals surface area contributed by atoms with Crippen molar-refractivity contribution in [3.8, 4) is 11.3 Å². The van der Waals surface area contributed by atoms with Crippen LogP contribution in [0.4, 0.5) is 0 Å². The van der Waals surface area contributed by atoms with Crippen LogP contribution in [-0.4, -0.2) is 9.59 Å². The molecule has 20 heavy (non-hydrogen) atoms. The normalized spacial score (nSPS) is 10.7. The van der Waals surface area contributed by atoms with Gasteiger partial charge in [0.05, 0.1) is 0 Å². The van der Waals surface area contributed by atoms with Crippen LogP contribution < -0.4 is 0 Å². The smallest absolute Gasteiger partial charge is 0.119 e. The predicted octanol–water partition coefficient (Wildman–Crippen LogP) is 5.77. The summed E-state index contributed by atoms with van der Waals surface area (Å²) in [5, 5.41) is 4.95. The van der Waals surface area contributed by atoms with Crippen molar-refractivity contribution in [3.05, 3.63) is 58.0 Å². The van der Waals surface area contributed by atoms with Gasteiger partial charge in [0.15, 0.2) is 0 Å². The summed E-state index contributed by atoms with van der Waals surface area (Å²) in [6.07, 6.45) is 0. The highest BCUT2D eigenvalue weighted by Crippen LogP contribution is 2.37. The molecule has 100 valence electrons. The molecule has 0 unspecified atom stereocenters. The molecule has 0 radical (unpaired) electrons. The van der Waals surface area contributed by atoms with E-state index in [-0.39, 0.29) is 0 Å². The molecule has 3 rings (SSSR count). The topological polar surface area (TPSA) is 25.8 Å². The van der Waals surface area contributed by atoms with E-state index >= 15 is 0 Å². The Morgan fingerprint density at radius 2 is 1.70 bits per heavy atom. The van der Waals surface area contributed by atoms with Crippen LogP contribution in [0.1, 0.15) is 0 Å². The molecule has 0 bridgehead atoms. The molecule has 0 spiro atoms. The highest BCUT2D eigenvalue weighted by Gasteiger charge is 2.11. The number of aromatic nitrogens is 2. The molecule has 0 N–H and O–H groups in total. The summed E-state index contributed by atoms with van der Waals surface area (Å²) in [4.78, 5) is 1.16. The Labute approximate surface area is 138 Å². The van der Waals surface area contributed by atoms with Gasteiger partial charge in [0.1, 0.15) is 9.90 Å². The molecule has 0 aliphatic carbocycles. The van der Waals surface area contributed by atoms with Crippen molar-refractivity contribution in [1.29, 1.82) is 0 Å². The monoisotopic (exact) mass is 382 g/mol. The number of hydrogen-bond donors (Lipinski definition) is 0. The Hall–Kier alpha value is -0.880. The second kappa shape index (κ2) is 6.26. The van der Waals surface area contributed by atoms with E-state index in [4.69, 9.17) is 11.6 Å². The molecule has 0 saturated heterocycles. The lowest BCUT2D eigenvalue weighted by Gasteiger charge is -2.02. The van der Waals surface area contributed by atoms with E-state index in [1.165, 1.54) is 11.5 Å². The number of rotatable bonds is 3. The van der Waals surface area contributed by atoms with Gasteiger partial charge in [0, 0.05) is 20.0 Å². The average molecular weight is 384 g/mol. The lowest BCUT2D eigenvalue weighted by molar-refractivity contribution is 1.15. The summed E-state index contributed by atoms with van der Waals surface area (Å²) >= 11 is 12.4. The van der Waals surface area contributed by atoms with Crippen molar-refractivity contribution in [1.82, 2.24) is 9.59 Å². The molecule has 0 aliphatic heterocycles. The van der Waals surface area contributed by atoms with Crippen LogP contribution in [-0.2, 0) is 0 Å². The minimum Gasteiger partial charge on any atom is -0.137 e. The average Bonchev–Trinajstić information content (AvgIpc) is 2.90. The fourth-order valence-corrected chi connectivity index (χ4v) is 3.75. The van der Waals surface area contributed by atoms with E-state index in [2.05, 4.69) is 37.6 Å². The maximum Gasteiger partial charge on any atom is 0.119 e. The van der Waals surface area contributed by atoms with Gasteiger partial charge in [-0.3, -0.25) is 0 Å². The van der Waals surface area contributed by atoms with Crippen LogP contribution in [0.25, 0.3) is 11.3 Å². The third-order valence-corrected chi connectivity index (χ3v) is 5.26. The molecule has 6 heteroatoms. The Morgan fingerprint density at radius 3 is 2.40 bits per heavy atom. The Balaban J connectivity index is 1.90. The minimum absolute atomic E-state index is 0.721. The van der Waals surface area contributed by atoms with E-state index in [1.807, 2.05) is 36.4 Å². The third kappa shape index (κ3) is 3.23. The van der Waals surface area contributed by atoms with Gasteiger partial charge >= 0.3 is 0 Å². The van der Waals surface area contributed by atoms with Crippen molar-refractivity contribution in [2.45, 2.75) is 9.10 Å². The highest BCUT2D eigenvalue weighted by atomic mass is 79.9. The zero-order valence-corrected chi connectivity index (χ0v) is 14.1. The summed E-state index contributed by atoms with van der Waals surface area (Å²) in [5.41, 5.74) is 1.93. The summed E-state index contributed by atoms with van der Waals surface area (Å²) in [6.45, 7) is 0.